The van der Waals surface area contributed by atoms with E-state index in [1.54, 1.807) is 0 Å². The standard InChI is InChI=1S/C18H19NO/c1-12-7-6-9-15(13(12)2)18(19-3)17-11-14-8-4-5-10-16(14)20-17/h4-11,18-19H,1-3H3. The van der Waals surface area contributed by atoms with Crippen molar-refractivity contribution in [3.8, 4) is 0 Å². The molecule has 2 heteroatoms. The molecule has 2 nitrogen and oxygen atoms in total. The molecule has 102 valence electrons. The van der Waals surface area contributed by atoms with E-state index in [9.17, 15) is 0 Å². The molecule has 0 saturated heterocycles. The number of hydrogen-bond acceptors (Lipinski definition) is 2. The minimum Gasteiger partial charge on any atom is -0.459 e. The topological polar surface area (TPSA) is 25.2 Å². The summed E-state index contributed by atoms with van der Waals surface area (Å²) in [6.07, 6.45) is 0. The maximum absolute atomic E-state index is 6.01. The highest BCUT2D eigenvalue weighted by molar-refractivity contribution is 5.78. The van der Waals surface area contributed by atoms with Crippen molar-refractivity contribution in [1.29, 1.82) is 0 Å². The van der Waals surface area contributed by atoms with Gasteiger partial charge in [0.1, 0.15) is 11.3 Å². The van der Waals surface area contributed by atoms with Gasteiger partial charge in [-0.1, -0.05) is 36.4 Å². The molecule has 0 radical (unpaired) electrons. The largest absolute Gasteiger partial charge is 0.459 e. The number of aryl methyl sites for hydroxylation is 1. The van der Waals surface area contributed by atoms with Crippen LogP contribution in [0.25, 0.3) is 11.0 Å². The second-order valence-corrected chi connectivity index (χ2v) is 5.20. The van der Waals surface area contributed by atoms with Gasteiger partial charge in [-0.25, -0.2) is 0 Å². The predicted molar refractivity (Wildman–Crippen MR) is 83.0 cm³/mol. The zero-order valence-electron chi connectivity index (χ0n) is 12.1. The molecular weight excluding hydrogens is 246 g/mol. The van der Waals surface area contributed by atoms with Crippen LogP contribution in [0.2, 0.25) is 0 Å². The Kier molecular flexibility index (Phi) is 3.33. The molecule has 1 atom stereocenters. The van der Waals surface area contributed by atoms with Gasteiger partial charge in [0, 0.05) is 5.39 Å². The predicted octanol–water partition coefficient (Wildman–Crippen LogP) is 4.36. The second kappa shape index (κ2) is 5.14. The van der Waals surface area contributed by atoms with E-state index in [1.165, 1.54) is 16.7 Å². The Morgan fingerprint density at radius 2 is 1.80 bits per heavy atom. The van der Waals surface area contributed by atoms with Crippen LogP contribution in [-0.2, 0) is 0 Å². The third-order valence-electron chi connectivity index (χ3n) is 3.98. The molecule has 0 fully saturated rings. The average molecular weight is 265 g/mol. The Balaban J connectivity index is 2.11. The Bertz CT molecular complexity index is 709. The van der Waals surface area contributed by atoms with Crippen LogP contribution < -0.4 is 5.32 Å². The van der Waals surface area contributed by atoms with Gasteiger partial charge >= 0.3 is 0 Å². The average Bonchev–Trinajstić information content (AvgIpc) is 2.87. The molecule has 2 aromatic carbocycles. The van der Waals surface area contributed by atoms with Gasteiger partial charge in [-0.05, 0) is 49.7 Å². The van der Waals surface area contributed by atoms with E-state index < -0.39 is 0 Å². The van der Waals surface area contributed by atoms with Crippen molar-refractivity contribution in [1.82, 2.24) is 5.32 Å². The maximum atomic E-state index is 6.01. The Morgan fingerprint density at radius 1 is 1.00 bits per heavy atom. The molecule has 3 aromatic rings. The highest BCUT2D eigenvalue weighted by atomic mass is 16.3. The molecule has 0 saturated carbocycles. The van der Waals surface area contributed by atoms with E-state index in [-0.39, 0.29) is 6.04 Å². The summed E-state index contributed by atoms with van der Waals surface area (Å²) in [5.41, 5.74) is 4.82. The number of benzene rings is 2. The zero-order chi connectivity index (χ0) is 14.1. The zero-order valence-corrected chi connectivity index (χ0v) is 12.1. The lowest BCUT2D eigenvalue weighted by Gasteiger charge is -2.17. The van der Waals surface area contributed by atoms with Crippen molar-refractivity contribution in [2.45, 2.75) is 19.9 Å². The first-order chi connectivity index (χ1) is 9.70. The minimum atomic E-state index is 0.0855. The number of hydrogen-bond donors (Lipinski definition) is 1. The number of rotatable bonds is 3. The summed E-state index contributed by atoms with van der Waals surface area (Å²) in [6, 6.07) is 16.7. The van der Waals surface area contributed by atoms with Crippen LogP contribution in [0.1, 0.15) is 28.5 Å². The van der Waals surface area contributed by atoms with E-state index in [1.807, 2.05) is 25.2 Å². The Hall–Kier alpha value is -2.06. The van der Waals surface area contributed by atoms with Crippen molar-refractivity contribution < 1.29 is 4.42 Å². The molecule has 0 aliphatic carbocycles. The molecule has 1 N–H and O–H groups in total. The smallest absolute Gasteiger partial charge is 0.134 e. The van der Waals surface area contributed by atoms with Crippen LogP contribution in [-0.4, -0.2) is 7.05 Å². The minimum absolute atomic E-state index is 0.0855. The molecule has 1 unspecified atom stereocenters. The summed E-state index contributed by atoms with van der Waals surface area (Å²) < 4.78 is 6.01. The van der Waals surface area contributed by atoms with Gasteiger partial charge in [0.2, 0.25) is 0 Å². The number of furan rings is 1. The van der Waals surface area contributed by atoms with Gasteiger partial charge in [-0.3, -0.25) is 0 Å². The van der Waals surface area contributed by atoms with Crippen molar-refractivity contribution in [3.63, 3.8) is 0 Å². The van der Waals surface area contributed by atoms with Crippen LogP contribution in [0, 0.1) is 13.8 Å². The van der Waals surface area contributed by atoms with Gasteiger partial charge in [0.25, 0.3) is 0 Å². The molecule has 3 rings (SSSR count). The monoisotopic (exact) mass is 265 g/mol. The summed E-state index contributed by atoms with van der Waals surface area (Å²) in [6.45, 7) is 4.31. The van der Waals surface area contributed by atoms with E-state index in [4.69, 9.17) is 4.42 Å². The molecule has 1 aromatic heterocycles. The number of nitrogens with one attached hydrogen (secondary N) is 1. The van der Waals surface area contributed by atoms with E-state index >= 15 is 0 Å². The molecule has 0 amide bonds. The molecule has 0 aliphatic rings. The fraction of sp³-hybridized carbons (Fsp3) is 0.222. The summed E-state index contributed by atoms with van der Waals surface area (Å²) in [5.74, 6) is 0.961. The highest BCUT2D eigenvalue weighted by Gasteiger charge is 2.18. The summed E-state index contributed by atoms with van der Waals surface area (Å²) in [5, 5.41) is 4.52. The van der Waals surface area contributed by atoms with Crippen molar-refractivity contribution in [2.24, 2.45) is 0 Å². The Morgan fingerprint density at radius 3 is 2.55 bits per heavy atom. The lowest BCUT2D eigenvalue weighted by molar-refractivity contribution is 0.490. The van der Waals surface area contributed by atoms with E-state index in [0.717, 1.165) is 16.7 Å². The number of fused-ring (bicyclic) bond motifs is 1. The first-order valence-electron chi connectivity index (χ1n) is 6.92. The molecule has 0 spiro atoms. The molecule has 20 heavy (non-hydrogen) atoms. The molecular formula is C18H19NO. The van der Waals surface area contributed by atoms with Crippen LogP contribution in [0.3, 0.4) is 0 Å². The van der Waals surface area contributed by atoms with Gasteiger partial charge < -0.3 is 9.73 Å². The van der Waals surface area contributed by atoms with Crippen LogP contribution in [0.15, 0.2) is 52.9 Å². The first kappa shape index (κ1) is 12.9. The fourth-order valence-corrected chi connectivity index (χ4v) is 2.68. The lowest BCUT2D eigenvalue weighted by Crippen LogP contribution is -2.18. The van der Waals surface area contributed by atoms with E-state index in [0.29, 0.717) is 0 Å². The van der Waals surface area contributed by atoms with Crippen molar-refractivity contribution >= 4 is 11.0 Å². The third-order valence-corrected chi connectivity index (χ3v) is 3.98. The van der Waals surface area contributed by atoms with Crippen molar-refractivity contribution in [3.05, 3.63) is 71.0 Å². The normalized spacial score (nSPS) is 12.8. The van der Waals surface area contributed by atoms with Crippen LogP contribution in [0.4, 0.5) is 0 Å². The van der Waals surface area contributed by atoms with Crippen LogP contribution in [0.5, 0.6) is 0 Å². The summed E-state index contributed by atoms with van der Waals surface area (Å²) in [4.78, 5) is 0. The SMILES string of the molecule is CNC(c1cc2ccccc2o1)c1cccc(C)c1C. The summed E-state index contributed by atoms with van der Waals surface area (Å²) >= 11 is 0. The van der Waals surface area contributed by atoms with Gasteiger partial charge in [-0.15, -0.1) is 0 Å². The maximum Gasteiger partial charge on any atom is 0.134 e. The van der Waals surface area contributed by atoms with E-state index in [2.05, 4.69) is 49.5 Å². The highest BCUT2D eigenvalue weighted by Crippen LogP contribution is 2.30. The van der Waals surface area contributed by atoms with Crippen LogP contribution >= 0.6 is 0 Å². The quantitative estimate of drug-likeness (QED) is 0.761. The van der Waals surface area contributed by atoms with Gasteiger partial charge in [0.05, 0.1) is 6.04 Å². The van der Waals surface area contributed by atoms with Gasteiger partial charge in [0.15, 0.2) is 0 Å². The molecule has 0 aliphatic heterocycles. The van der Waals surface area contributed by atoms with Gasteiger partial charge in [-0.2, -0.15) is 0 Å². The van der Waals surface area contributed by atoms with Crippen molar-refractivity contribution in [2.75, 3.05) is 7.05 Å². The summed E-state index contributed by atoms with van der Waals surface area (Å²) in [7, 11) is 1.97. The Labute approximate surface area is 119 Å². The number of para-hydroxylation sites is 1. The molecule has 1 heterocycles. The molecule has 0 bridgehead atoms. The second-order valence-electron chi connectivity index (χ2n) is 5.20. The first-order valence-corrected chi connectivity index (χ1v) is 6.92. The fourth-order valence-electron chi connectivity index (χ4n) is 2.68. The lowest BCUT2D eigenvalue weighted by atomic mass is 9.96. The third kappa shape index (κ3) is 2.12.